The first-order valence-corrected chi connectivity index (χ1v) is 5.31. The molecule has 1 aromatic rings. The highest BCUT2D eigenvalue weighted by molar-refractivity contribution is 5.97. The van der Waals surface area contributed by atoms with E-state index in [0.717, 1.165) is 0 Å². The normalized spacial score (nSPS) is 15.5. The average molecular weight is 235 g/mol. The number of likely N-dealkylation sites (tertiary alicyclic amines) is 1. The van der Waals surface area contributed by atoms with Crippen LogP contribution in [-0.2, 0) is 4.79 Å². The zero-order chi connectivity index (χ0) is 12.6. The molecule has 0 atom stereocenters. The maximum absolute atomic E-state index is 12.0. The number of amides is 1. The van der Waals surface area contributed by atoms with Gasteiger partial charge in [0.15, 0.2) is 0 Å². The Balaban J connectivity index is 2.12. The van der Waals surface area contributed by atoms with Crippen LogP contribution in [0.15, 0.2) is 18.2 Å². The molecule has 17 heavy (non-hydrogen) atoms. The smallest absolute Gasteiger partial charge is 0.310 e. The highest BCUT2D eigenvalue weighted by Crippen LogP contribution is 2.24. The van der Waals surface area contributed by atoms with Gasteiger partial charge < -0.3 is 15.1 Å². The van der Waals surface area contributed by atoms with Gasteiger partial charge in [-0.2, -0.15) is 0 Å². The van der Waals surface area contributed by atoms with Crippen molar-refractivity contribution in [1.82, 2.24) is 4.90 Å². The van der Waals surface area contributed by atoms with Gasteiger partial charge in [-0.05, 0) is 19.1 Å². The molecule has 0 bridgehead atoms. The zero-order valence-electron chi connectivity index (χ0n) is 9.38. The summed E-state index contributed by atoms with van der Waals surface area (Å²) < 4.78 is 0. The third-order valence-electron chi connectivity index (χ3n) is 3.05. The molecule has 5 nitrogen and oxygen atoms in total. The van der Waals surface area contributed by atoms with E-state index >= 15 is 0 Å². The number of phenolic OH excluding ortho intramolecular Hbond substituents is 1. The summed E-state index contributed by atoms with van der Waals surface area (Å²) in [7, 11) is 0. The molecule has 0 aromatic heterocycles. The van der Waals surface area contributed by atoms with Crippen molar-refractivity contribution in [3.05, 3.63) is 29.3 Å². The largest absolute Gasteiger partial charge is 0.508 e. The quantitative estimate of drug-likeness (QED) is 0.796. The van der Waals surface area contributed by atoms with E-state index in [9.17, 15) is 14.7 Å². The highest BCUT2D eigenvalue weighted by Gasteiger charge is 2.36. The first-order chi connectivity index (χ1) is 8.00. The molecule has 2 N–H and O–H groups in total. The topological polar surface area (TPSA) is 77.8 Å². The monoisotopic (exact) mass is 235 g/mol. The number of hydrogen-bond donors (Lipinski definition) is 2. The second-order valence-corrected chi connectivity index (χ2v) is 4.19. The Bertz CT molecular complexity index is 477. The van der Waals surface area contributed by atoms with Crippen molar-refractivity contribution < 1.29 is 19.8 Å². The Hall–Kier alpha value is -2.04. The van der Waals surface area contributed by atoms with Gasteiger partial charge in [-0.15, -0.1) is 0 Å². The third-order valence-corrected chi connectivity index (χ3v) is 3.05. The van der Waals surface area contributed by atoms with E-state index in [1.165, 1.54) is 11.0 Å². The number of phenols is 1. The minimum absolute atomic E-state index is 0.0751. The molecule has 1 heterocycles. The summed E-state index contributed by atoms with van der Waals surface area (Å²) in [4.78, 5) is 24.1. The zero-order valence-corrected chi connectivity index (χ0v) is 9.38. The molecule has 0 aliphatic carbocycles. The van der Waals surface area contributed by atoms with Crippen molar-refractivity contribution in [2.75, 3.05) is 13.1 Å². The number of nitrogens with zero attached hydrogens (tertiary/aromatic N) is 1. The number of aliphatic carboxylic acids is 1. The summed E-state index contributed by atoms with van der Waals surface area (Å²) in [6.45, 7) is 2.14. The van der Waals surface area contributed by atoms with Gasteiger partial charge >= 0.3 is 5.97 Å². The molecule has 2 rings (SSSR count). The van der Waals surface area contributed by atoms with Crippen molar-refractivity contribution in [3.63, 3.8) is 0 Å². The van der Waals surface area contributed by atoms with E-state index in [0.29, 0.717) is 11.1 Å². The Morgan fingerprint density at radius 1 is 1.35 bits per heavy atom. The number of aromatic hydroxyl groups is 1. The molecule has 0 unspecified atom stereocenters. The van der Waals surface area contributed by atoms with E-state index in [2.05, 4.69) is 0 Å². The van der Waals surface area contributed by atoms with Gasteiger partial charge in [0.1, 0.15) is 5.75 Å². The maximum atomic E-state index is 12.0. The molecule has 0 saturated carbocycles. The fourth-order valence-electron chi connectivity index (χ4n) is 1.83. The van der Waals surface area contributed by atoms with Crippen LogP contribution in [0.3, 0.4) is 0 Å². The third kappa shape index (κ3) is 1.95. The molecule has 1 fully saturated rings. The van der Waals surface area contributed by atoms with Crippen molar-refractivity contribution in [3.8, 4) is 5.75 Å². The van der Waals surface area contributed by atoms with Gasteiger partial charge in [0.2, 0.25) is 0 Å². The summed E-state index contributed by atoms with van der Waals surface area (Å²) in [6, 6.07) is 4.75. The van der Waals surface area contributed by atoms with Gasteiger partial charge in [-0.25, -0.2) is 0 Å². The van der Waals surface area contributed by atoms with Gasteiger partial charge in [-0.1, -0.05) is 6.07 Å². The van der Waals surface area contributed by atoms with E-state index < -0.39 is 11.9 Å². The minimum Gasteiger partial charge on any atom is -0.508 e. The summed E-state index contributed by atoms with van der Waals surface area (Å²) in [5.74, 6) is -1.49. The minimum atomic E-state index is -0.873. The van der Waals surface area contributed by atoms with Crippen molar-refractivity contribution in [1.29, 1.82) is 0 Å². The van der Waals surface area contributed by atoms with Gasteiger partial charge in [-0.3, -0.25) is 9.59 Å². The lowest BCUT2D eigenvalue weighted by Crippen LogP contribution is -2.53. The van der Waals surface area contributed by atoms with Crippen LogP contribution >= 0.6 is 0 Å². The lowest BCUT2D eigenvalue weighted by Gasteiger charge is -2.36. The van der Waals surface area contributed by atoms with E-state index in [1.54, 1.807) is 19.1 Å². The van der Waals surface area contributed by atoms with Crippen LogP contribution in [0.5, 0.6) is 5.75 Å². The van der Waals surface area contributed by atoms with Gasteiger partial charge in [0, 0.05) is 24.2 Å². The van der Waals surface area contributed by atoms with Crippen LogP contribution in [-0.4, -0.2) is 40.1 Å². The second kappa shape index (κ2) is 4.08. The number of rotatable bonds is 2. The van der Waals surface area contributed by atoms with E-state index in [1.807, 2.05) is 0 Å². The molecule has 1 saturated heterocycles. The summed E-state index contributed by atoms with van der Waals surface area (Å²) in [5.41, 5.74) is 0.949. The highest BCUT2D eigenvalue weighted by atomic mass is 16.4. The van der Waals surface area contributed by atoms with Crippen LogP contribution < -0.4 is 0 Å². The number of hydrogen-bond acceptors (Lipinski definition) is 3. The number of carboxylic acids is 1. The van der Waals surface area contributed by atoms with Gasteiger partial charge in [0.25, 0.3) is 5.91 Å². The van der Waals surface area contributed by atoms with Crippen LogP contribution in [0.4, 0.5) is 0 Å². The molecule has 0 radical (unpaired) electrons. The summed E-state index contributed by atoms with van der Waals surface area (Å²) >= 11 is 0. The van der Waals surface area contributed by atoms with E-state index in [4.69, 9.17) is 5.11 Å². The predicted octanol–water partition coefficient (Wildman–Crippen LogP) is 0.857. The fraction of sp³-hybridized carbons (Fsp3) is 0.333. The lowest BCUT2D eigenvalue weighted by molar-refractivity contribution is -0.146. The van der Waals surface area contributed by atoms with Crippen LogP contribution in [0.1, 0.15) is 15.9 Å². The van der Waals surface area contributed by atoms with Crippen LogP contribution in [0, 0.1) is 12.8 Å². The Morgan fingerprint density at radius 3 is 2.59 bits per heavy atom. The first-order valence-electron chi connectivity index (χ1n) is 5.31. The van der Waals surface area contributed by atoms with Gasteiger partial charge in [0.05, 0.1) is 5.92 Å². The van der Waals surface area contributed by atoms with Crippen LogP contribution in [0.2, 0.25) is 0 Å². The maximum Gasteiger partial charge on any atom is 0.310 e. The lowest BCUT2D eigenvalue weighted by atomic mass is 9.98. The van der Waals surface area contributed by atoms with Crippen molar-refractivity contribution in [2.45, 2.75) is 6.92 Å². The van der Waals surface area contributed by atoms with E-state index in [-0.39, 0.29) is 24.7 Å². The standard InChI is InChI=1S/C12H13NO4/c1-7-9(3-2-4-10(7)14)11(15)13-5-8(6-13)12(16)17/h2-4,8,14H,5-6H2,1H3,(H,16,17). The molecule has 1 aliphatic heterocycles. The second-order valence-electron chi connectivity index (χ2n) is 4.19. The Kier molecular flexibility index (Phi) is 2.75. The molecule has 1 aromatic carbocycles. The van der Waals surface area contributed by atoms with Crippen molar-refractivity contribution in [2.24, 2.45) is 5.92 Å². The first kappa shape index (κ1) is 11.4. The summed E-state index contributed by atoms with van der Waals surface area (Å²) in [5, 5.41) is 18.2. The fourth-order valence-corrected chi connectivity index (χ4v) is 1.83. The number of benzene rings is 1. The van der Waals surface area contributed by atoms with Crippen LogP contribution in [0.25, 0.3) is 0 Å². The predicted molar refractivity (Wildman–Crippen MR) is 59.9 cm³/mol. The molecular formula is C12H13NO4. The number of carbonyl (C=O) groups excluding carboxylic acids is 1. The molecule has 0 spiro atoms. The number of carboxylic acid groups (broad SMARTS) is 1. The van der Waals surface area contributed by atoms with Crippen molar-refractivity contribution >= 4 is 11.9 Å². The average Bonchev–Trinajstić information content (AvgIpc) is 2.19. The molecular weight excluding hydrogens is 222 g/mol. The molecule has 1 aliphatic rings. The molecule has 1 amide bonds. The summed E-state index contributed by atoms with van der Waals surface area (Å²) in [6.07, 6.45) is 0. The SMILES string of the molecule is Cc1c(O)cccc1C(=O)N1CC(C(=O)O)C1. The molecule has 90 valence electrons. The molecule has 5 heteroatoms. The Labute approximate surface area is 98.3 Å². The Morgan fingerprint density at radius 2 is 2.00 bits per heavy atom. The number of carbonyl (C=O) groups is 2.